The van der Waals surface area contributed by atoms with Crippen molar-refractivity contribution < 1.29 is 5.11 Å². The van der Waals surface area contributed by atoms with E-state index in [0.717, 1.165) is 12.1 Å². The van der Waals surface area contributed by atoms with Crippen LogP contribution in [0, 0.1) is 0 Å². The van der Waals surface area contributed by atoms with Gasteiger partial charge >= 0.3 is 0 Å². The Labute approximate surface area is 116 Å². The lowest BCUT2D eigenvalue weighted by molar-refractivity contribution is 0.0177. The molecule has 1 atom stereocenters. The molecular formula is C16H26N2O. The molecule has 1 saturated carbocycles. The molecule has 1 aromatic rings. The van der Waals surface area contributed by atoms with Crippen LogP contribution in [-0.4, -0.2) is 48.1 Å². The zero-order valence-corrected chi connectivity index (χ0v) is 12.6. The minimum Gasteiger partial charge on any atom is -0.508 e. The zero-order chi connectivity index (χ0) is 14.0. The highest BCUT2D eigenvalue weighted by atomic mass is 16.3. The first-order chi connectivity index (χ1) is 8.96. The van der Waals surface area contributed by atoms with E-state index in [9.17, 15) is 5.11 Å². The van der Waals surface area contributed by atoms with E-state index in [-0.39, 0.29) is 6.04 Å². The molecule has 0 heterocycles. The summed E-state index contributed by atoms with van der Waals surface area (Å²) in [6.45, 7) is 3.21. The second kappa shape index (κ2) is 5.51. The SMILES string of the molecule is CC(c1ccccc1O)N(C)CC1(N(C)C)CCC1. The summed E-state index contributed by atoms with van der Waals surface area (Å²) in [4.78, 5) is 4.72. The number of hydrogen-bond acceptors (Lipinski definition) is 3. The smallest absolute Gasteiger partial charge is 0.120 e. The van der Waals surface area contributed by atoms with Crippen LogP contribution in [0.5, 0.6) is 5.75 Å². The van der Waals surface area contributed by atoms with Crippen LogP contribution >= 0.6 is 0 Å². The van der Waals surface area contributed by atoms with E-state index in [2.05, 4.69) is 37.9 Å². The highest BCUT2D eigenvalue weighted by molar-refractivity contribution is 5.34. The molecule has 0 radical (unpaired) electrons. The van der Waals surface area contributed by atoms with Crippen molar-refractivity contribution >= 4 is 0 Å². The van der Waals surface area contributed by atoms with Crippen molar-refractivity contribution in [2.45, 2.75) is 37.8 Å². The fraction of sp³-hybridized carbons (Fsp3) is 0.625. The first kappa shape index (κ1) is 14.4. The number of hydrogen-bond donors (Lipinski definition) is 1. The van der Waals surface area contributed by atoms with Gasteiger partial charge in [0.15, 0.2) is 0 Å². The Morgan fingerprint density at radius 1 is 1.21 bits per heavy atom. The van der Waals surface area contributed by atoms with E-state index >= 15 is 0 Å². The summed E-state index contributed by atoms with van der Waals surface area (Å²) < 4.78 is 0. The van der Waals surface area contributed by atoms with E-state index in [0.29, 0.717) is 11.3 Å². The van der Waals surface area contributed by atoms with E-state index in [1.165, 1.54) is 19.3 Å². The van der Waals surface area contributed by atoms with Crippen molar-refractivity contribution in [3.05, 3.63) is 29.8 Å². The number of para-hydroxylation sites is 1. The average Bonchev–Trinajstić information content (AvgIpc) is 2.32. The van der Waals surface area contributed by atoms with Gasteiger partial charge in [-0.3, -0.25) is 4.90 Å². The van der Waals surface area contributed by atoms with Crippen molar-refractivity contribution in [1.82, 2.24) is 9.80 Å². The molecule has 1 aliphatic rings. The first-order valence-electron chi connectivity index (χ1n) is 7.12. The van der Waals surface area contributed by atoms with Crippen molar-refractivity contribution in [2.24, 2.45) is 0 Å². The number of likely N-dealkylation sites (N-methyl/N-ethyl adjacent to an activating group) is 2. The van der Waals surface area contributed by atoms with Gasteiger partial charge in [0.1, 0.15) is 5.75 Å². The molecule has 1 aliphatic carbocycles. The Morgan fingerprint density at radius 3 is 2.32 bits per heavy atom. The number of phenols is 1. The largest absolute Gasteiger partial charge is 0.508 e. The quantitative estimate of drug-likeness (QED) is 0.884. The maximum atomic E-state index is 9.97. The average molecular weight is 262 g/mol. The summed E-state index contributed by atoms with van der Waals surface area (Å²) in [6, 6.07) is 7.88. The molecule has 0 aliphatic heterocycles. The van der Waals surface area contributed by atoms with Gasteiger partial charge in [-0.15, -0.1) is 0 Å². The number of nitrogens with zero attached hydrogens (tertiary/aromatic N) is 2. The van der Waals surface area contributed by atoms with Crippen LogP contribution in [0.25, 0.3) is 0 Å². The lowest BCUT2D eigenvalue weighted by atomic mass is 9.75. The molecule has 0 amide bonds. The highest BCUT2D eigenvalue weighted by Crippen LogP contribution is 2.38. The Morgan fingerprint density at radius 2 is 1.84 bits per heavy atom. The second-order valence-electron chi connectivity index (χ2n) is 6.12. The maximum Gasteiger partial charge on any atom is 0.120 e. The Bertz CT molecular complexity index is 427. The standard InChI is InChI=1S/C16H26N2O/c1-13(14-8-5-6-9-15(14)19)18(4)12-16(17(2)3)10-7-11-16/h5-6,8-9,13,19H,7,10-12H2,1-4H3. The van der Waals surface area contributed by atoms with Crippen LogP contribution in [-0.2, 0) is 0 Å². The summed E-state index contributed by atoms with van der Waals surface area (Å²) in [7, 11) is 6.51. The lowest BCUT2D eigenvalue weighted by Crippen LogP contribution is -2.56. The summed E-state index contributed by atoms with van der Waals surface area (Å²) in [5, 5.41) is 9.97. The third-order valence-corrected chi connectivity index (χ3v) is 4.82. The number of benzene rings is 1. The summed E-state index contributed by atoms with van der Waals surface area (Å²) in [6.07, 6.45) is 3.88. The normalized spacial score (nSPS) is 19.5. The highest BCUT2D eigenvalue weighted by Gasteiger charge is 2.40. The number of phenolic OH excluding ortho intramolecular Hbond substituents is 1. The van der Waals surface area contributed by atoms with Gasteiger partial charge in [0.2, 0.25) is 0 Å². The number of aromatic hydroxyl groups is 1. The molecule has 1 unspecified atom stereocenters. The molecule has 19 heavy (non-hydrogen) atoms. The van der Waals surface area contributed by atoms with Gasteiger partial charge in [0, 0.05) is 23.7 Å². The van der Waals surface area contributed by atoms with Gasteiger partial charge in [-0.05, 0) is 53.4 Å². The van der Waals surface area contributed by atoms with Gasteiger partial charge in [0.05, 0.1) is 0 Å². The fourth-order valence-corrected chi connectivity index (χ4v) is 3.01. The van der Waals surface area contributed by atoms with Crippen molar-refractivity contribution in [3.63, 3.8) is 0 Å². The van der Waals surface area contributed by atoms with Crippen molar-refractivity contribution in [3.8, 4) is 5.75 Å². The minimum absolute atomic E-state index is 0.235. The Hall–Kier alpha value is -1.06. The molecule has 1 aromatic carbocycles. The summed E-state index contributed by atoms with van der Waals surface area (Å²) >= 11 is 0. The van der Waals surface area contributed by atoms with Gasteiger partial charge in [0.25, 0.3) is 0 Å². The molecule has 1 fully saturated rings. The predicted molar refractivity (Wildman–Crippen MR) is 79.4 cm³/mol. The third kappa shape index (κ3) is 2.77. The molecule has 0 aromatic heterocycles. The van der Waals surface area contributed by atoms with Crippen LogP contribution in [0.4, 0.5) is 0 Å². The van der Waals surface area contributed by atoms with Crippen LogP contribution in [0.1, 0.15) is 37.8 Å². The molecule has 3 nitrogen and oxygen atoms in total. The topological polar surface area (TPSA) is 26.7 Å². The second-order valence-corrected chi connectivity index (χ2v) is 6.12. The van der Waals surface area contributed by atoms with E-state index in [1.54, 1.807) is 6.07 Å². The van der Waals surface area contributed by atoms with Gasteiger partial charge in [-0.1, -0.05) is 18.2 Å². The molecule has 3 heteroatoms. The minimum atomic E-state index is 0.235. The maximum absolute atomic E-state index is 9.97. The van der Waals surface area contributed by atoms with Gasteiger partial charge in [-0.25, -0.2) is 0 Å². The molecule has 0 bridgehead atoms. The Kier molecular flexibility index (Phi) is 4.16. The Balaban J connectivity index is 2.08. The molecule has 2 rings (SSSR count). The third-order valence-electron chi connectivity index (χ3n) is 4.82. The fourth-order valence-electron chi connectivity index (χ4n) is 3.01. The lowest BCUT2D eigenvalue weighted by Gasteiger charge is -2.50. The van der Waals surface area contributed by atoms with Gasteiger partial charge in [-0.2, -0.15) is 0 Å². The van der Waals surface area contributed by atoms with Crippen LogP contribution < -0.4 is 0 Å². The summed E-state index contributed by atoms with van der Waals surface area (Å²) in [5.41, 5.74) is 1.34. The molecule has 106 valence electrons. The molecule has 1 N–H and O–H groups in total. The predicted octanol–water partition coefficient (Wildman–Crippen LogP) is 2.87. The van der Waals surface area contributed by atoms with E-state index in [4.69, 9.17) is 0 Å². The molecular weight excluding hydrogens is 236 g/mol. The van der Waals surface area contributed by atoms with Crippen LogP contribution in [0.15, 0.2) is 24.3 Å². The zero-order valence-electron chi connectivity index (χ0n) is 12.6. The van der Waals surface area contributed by atoms with Gasteiger partial charge < -0.3 is 10.0 Å². The van der Waals surface area contributed by atoms with Crippen LogP contribution in [0.3, 0.4) is 0 Å². The molecule has 0 spiro atoms. The molecule has 0 saturated heterocycles. The van der Waals surface area contributed by atoms with Crippen molar-refractivity contribution in [1.29, 1.82) is 0 Å². The van der Waals surface area contributed by atoms with E-state index in [1.807, 2.05) is 18.2 Å². The van der Waals surface area contributed by atoms with Crippen LogP contribution in [0.2, 0.25) is 0 Å². The monoisotopic (exact) mass is 262 g/mol. The number of rotatable bonds is 5. The summed E-state index contributed by atoms with van der Waals surface area (Å²) in [5.74, 6) is 0.398. The first-order valence-corrected chi connectivity index (χ1v) is 7.12. The van der Waals surface area contributed by atoms with Crippen molar-refractivity contribution in [2.75, 3.05) is 27.7 Å². The van der Waals surface area contributed by atoms with E-state index < -0.39 is 0 Å².